The summed E-state index contributed by atoms with van der Waals surface area (Å²) in [5.74, 6) is -0.124. The standard InChI is InChI=1S/C22H27BrN2O3/c1-5-18(15-10-12-16(23)13-11-15)24-22(27)20(14(2)3)25-21(26)17-8-6-7-9-19(17)28-4/h6-14,18,20H,5H2,1-4H3,(H,24,27)(H,25,26)/t18-,20+/m1/s1. The van der Waals surface area contributed by atoms with Crippen LogP contribution in [0.5, 0.6) is 5.75 Å². The topological polar surface area (TPSA) is 67.4 Å². The summed E-state index contributed by atoms with van der Waals surface area (Å²) in [6.45, 7) is 5.84. The van der Waals surface area contributed by atoms with Crippen LogP contribution < -0.4 is 15.4 Å². The highest BCUT2D eigenvalue weighted by Crippen LogP contribution is 2.21. The summed E-state index contributed by atoms with van der Waals surface area (Å²) >= 11 is 3.43. The van der Waals surface area contributed by atoms with Crippen molar-refractivity contribution in [3.63, 3.8) is 0 Å². The number of hydrogen-bond donors (Lipinski definition) is 2. The molecule has 2 atom stereocenters. The molecule has 0 unspecified atom stereocenters. The highest BCUT2D eigenvalue weighted by atomic mass is 79.9. The molecule has 0 aliphatic carbocycles. The van der Waals surface area contributed by atoms with Gasteiger partial charge in [-0.2, -0.15) is 0 Å². The van der Waals surface area contributed by atoms with Crippen LogP contribution in [0, 0.1) is 5.92 Å². The van der Waals surface area contributed by atoms with Crippen LogP contribution in [0.15, 0.2) is 53.0 Å². The normalized spacial score (nSPS) is 12.9. The molecule has 0 bridgehead atoms. The average molecular weight is 447 g/mol. The lowest BCUT2D eigenvalue weighted by Gasteiger charge is -2.25. The molecule has 6 heteroatoms. The molecule has 0 heterocycles. The van der Waals surface area contributed by atoms with Crippen molar-refractivity contribution in [3.05, 3.63) is 64.1 Å². The van der Waals surface area contributed by atoms with E-state index >= 15 is 0 Å². The second-order valence-electron chi connectivity index (χ2n) is 6.92. The zero-order valence-corrected chi connectivity index (χ0v) is 18.2. The Labute approximate surface area is 175 Å². The molecule has 0 aromatic heterocycles. The summed E-state index contributed by atoms with van der Waals surface area (Å²) in [7, 11) is 1.52. The lowest BCUT2D eigenvalue weighted by Crippen LogP contribution is -2.50. The van der Waals surface area contributed by atoms with E-state index in [1.54, 1.807) is 24.3 Å². The molecule has 0 aliphatic rings. The Morgan fingerprint density at radius 3 is 2.25 bits per heavy atom. The number of amides is 2. The number of para-hydroxylation sites is 1. The first-order valence-corrected chi connectivity index (χ1v) is 10.2. The molecule has 150 valence electrons. The van der Waals surface area contributed by atoms with Gasteiger partial charge >= 0.3 is 0 Å². The number of ether oxygens (including phenoxy) is 1. The van der Waals surface area contributed by atoms with Crippen LogP contribution in [-0.4, -0.2) is 25.0 Å². The number of rotatable bonds is 8. The maximum Gasteiger partial charge on any atom is 0.255 e. The maximum absolute atomic E-state index is 12.9. The van der Waals surface area contributed by atoms with Crippen molar-refractivity contribution in [2.24, 2.45) is 5.92 Å². The second-order valence-corrected chi connectivity index (χ2v) is 7.83. The summed E-state index contributed by atoms with van der Waals surface area (Å²) in [6, 6.07) is 14.1. The van der Waals surface area contributed by atoms with E-state index < -0.39 is 6.04 Å². The molecule has 2 rings (SSSR count). The quantitative estimate of drug-likeness (QED) is 0.627. The third kappa shape index (κ3) is 5.58. The van der Waals surface area contributed by atoms with Gasteiger partial charge in [0.25, 0.3) is 5.91 Å². The number of methoxy groups -OCH3 is 1. The van der Waals surface area contributed by atoms with Crippen LogP contribution >= 0.6 is 15.9 Å². The van der Waals surface area contributed by atoms with Gasteiger partial charge in [-0.25, -0.2) is 0 Å². The first-order valence-electron chi connectivity index (χ1n) is 9.37. The van der Waals surface area contributed by atoms with E-state index in [2.05, 4.69) is 26.6 Å². The fourth-order valence-electron chi connectivity index (χ4n) is 2.96. The van der Waals surface area contributed by atoms with E-state index in [-0.39, 0.29) is 23.8 Å². The number of carbonyl (C=O) groups excluding carboxylic acids is 2. The third-order valence-electron chi connectivity index (χ3n) is 4.58. The van der Waals surface area contributed by atoms with Crippen molar-refractivity contribution in [3.8, 4) is 5.75 Å². The van der Waals surface area contributed by atoms with Crippen molar-refractivity contribution in [1.29, 1.82) is 0 Å². The van der Waals surface area contributed by atoms with E-state index in [0.717, 1.165) is 16.5 Å². The molecular weight excluding hydrogens is 420 g/mol. The Morgan fingerprint density at radius 2 is 1.68 bits per heavy atom. The number of nitrogens with one attached hydrogen (secondary N) is 2. The van der Waals surface area contributed by atoms with E-state index in [1.807, 2.05) is 45.0 Å². The van der Waals surface area contributed by atoms with Gasteiger partial charge in [0.2, 0.25) is 5.91 Å². The van der Waals surface area contributed by atoms with Gasteiger partial charge in [0.15, 0.2) is 0 Å². The van der Waals surface area contributed by atoms with Crippen molar-refractivity contribution in [1.82, 2.24) is 10.6 Å². The Bertz CT molecular complexity index is 806. The monoisotopic (exact) mass is 446 g/mol. The zero-order valence-electron chi connectivity index (χ0n) is 16.7. The molecule has 0 fully saturated rings. The molecule has 0 saturated heterocycles. The predicted molar refractivity (Wildman–Crippen MR) is 114 cm³/mol. The SMILES string of the molecule is CC[C@@H](NC(=O)[C@@H](NC(=O)c1ccccc1OC)C(C)C)c1ccc(Br)cc1. The fraction of sp³-hybridized carbons (Fsp3) is 0.364. The second kappa shape index (κ2) is 10.3. The van der Waals surface area contributed by atoms with E-state index in [9.17, 15) is 9.59 Å². The lowest BCUT2D eigenvalue weighted by molar-refractivity contribution is -0.124. The van der Waals surface area contributed by atoms with Crippen LogP contribution in [-0.2, 0) is 4.79 Å². The fourth-order valence-corrected chi connectivity index (χ4v) is 3.23. The first-order chi connectivity index (χ1) is 13.4. The first kappa shape index (κ1) is 22.0. The molecular formula is C22H27BrN2O3. The molecule has 0 saturated carbocycles. The van der Waals surface area contributed by atoms with Gasteiger partial charge in [-0.3, -0.25) is 9.59 Å². The zero-order chi connectivity index (χ0) is 20.7. The van der Waals surface area contributed by atoms with E-state index in [4.69, 9.17) is 4.74 Å². The minimum absolute atomic E-state index is 0.0684. The minimum Gasteiger partial charge on any atom is -0.496 e. The highest BCUT2D eigenvalue weighted by Gasteiger charge is 2.27. The van der Waals surface area contributed by atoms with Crippen LogP contribution in [0.1, 0.15) is 49.2 Å². The Balaban J connectivity index is 2.14. The molecule has 28 heavy (non-hydrogen) atoms. The van der Waals surface area contributed by atoms with Gasteiger partial charge in [-0.1, -0.05) is 61.0 Å². The van der Waals surface area contributed by atoms with Crippen molar-refractivity contribution >= 4 is 27.7 Å². The molecule has 0 aliphatic heterocycles. The number of halogens is 1. The largest absolute Gasteiger partial charge is 0.496 e. The number of carbonyl (C=O) groups is 2. The van der Waals surface area contributed by atoms with Crippen LogP contribution in [0.3, 0.4) is 0 Å². The van der Waals surface area contributed by atoms with E-state index in [0.29, 0.717) is 11.3 Å². The van der Waals surface area contributed by atoms with Crippen LogP contribution in [0.2, 0.25) is 0 Å². The molecule has 2 aromatic rings. The van der Waals surface area contributed by atoms with Gasteiger partial charge in [0.1, 0.15) is 11.8 Å². The number of hydrogen-bond acceptors (Lipinski definition) is 3. The van der Waals surface area contributed by atoms with Crippen molar-refractivity contribution < 1.29 is 14.3 Å². The lowest BCUT2D eigenvalue weighted by atomic mass is 10.00. The van der Waals surface area contributed by atoms with Crippen molar-refractivity contribution in [2.45, 2.75) is 39.3 Å². The van der Waals surface area contributed by atoms with Gasteiger partial charge in [0, 0.05) is 4.47 Å². The molecule has 2 aromatic carbocycles. The average Bonchev–Trinajstić information content (AvgIpc) is 2.70. The van der Waals surface area contributed by atoms with Gasteiger partial charge < -0.3 is 15.4 Å². The van der Waals surface area contributed by atoms with Crippen molar-refractivity contribution in [2.75, 3.05) is 7.11 Å². The van der Waals surface area contributed by atoms with Gasteiger partial charge in [0.05, 0.1) is 18.7 Å². The molecule has 2 N–H and O–H groups in total. The summed E-state index contributed by atoms with van der Waals surface area (Å²) in [4.78, 5) is 25.7. The Hall–Kier alpha value is -2.34. The van der Waals surface area contributed by atoms with E-state index in [1.165, 1.54) is 7.11 Å². The molecule has 2 amide bonds. The highest BCUT2D eigenvalue weighted by molar-refractivity contribution is 9.10. The molecule has 0 radical (unpaired) electrons. The van der Waals surface area contributed by atoms with Gasteiger partial charge in [-0.05, 0) is 42.2 Å². The summed E-state index contributed by atoms with van der Waals surface area (Å²) in [5.41, 5.74) is 1.43. The third-order valence-corrected chi connectivity index (χ3v) is 5.11. The Morgan fingerprint density at radius 1 is 1.04 bits per heavy atom. The molecule has 0 spiro atoms. The maximum atomic E-state index is 12.9. The molecule has 5 nitrogen and oxygen atoms in total. The number of benzene rings is 2. The summed E-state index contributed by atoms with van der Waals surface area (Å²) in [6.07, 6.45) is 0.749. The summed E-state index contributed by atoms with van der Waals surface area (Å²) < 4.78 is 6.24. The van der Waals surface area contributed by atoms with Gasteiger partial charge in [-0.15, -0.1) is 0 Å². The minimum atomic E-state index is -0.651. The predicted octanol–water partition coefficient (Wildman–Crippen LogP) is 4.48. The smallest absolute Gasteiger partial charge is 0.255 e. The Kier molecular flexibility index (Phi) is 8.05. The van der Waals surface area contributed by atoms with Crippen LogP contribution in [0.4, 0.5) is 0 Å². The summed E-state index contributed by atoms with van der Waals surface area (Å²) in [5, 5.41) is 5.93. The van der Waals surface area contributed by atoms with Crippen LogP contribution in [0.25, 0.3) is 0 Å².